The fourth-order valence-electron chi connectivity index (χ4n) is 3.23. The number of halogens is 1. The molecule has 0 atom stereocenters. The maximum Gasteiger partial charge on any atom is 0.145 e. The molecule has 0 N–H and O–H groups in total. The van der Waals surface area contributed by atoms with Crippen molar-refractivity contribution in [3.63, 3.8) is 0 Å². The molecule has 0 unspecified atom stereocenters. The van der Waals surface area contributed by atoms with Gasteiger partial charge in [-0.15, -0.1) is 0 Å². The van der Waals surface area contributed by atoms with Crippen LogP contribution in [0.2, 0.25) is 0 Å². The lowest BCUT2D eigenvalue weighted by Crippen LogP contribution is -2.11. The summed E-state index contributed by atoms with van der Waals surface area (Å²) in [5.41, 5.74) is 2.18. The Bertz CT molecular complexity index is 624. The lowest BCUT2D eigenvalue weighted by Gasteiger charge is -2.21. The molecule has 2 heterocycles. The Morgan fingerprint density at radius 2 is 1.90 bits per heavy atom. The molecular weight excluding hydrogens is 314 g/mol. The molecule has 0 spiro atoms. The van der Waals surface area contributed by atoms with Crippen LogP contribution in [0.4, 0.5) is 0 Å². The highest BCUT2D eigenvalue weighted by Crippen LogP contribution is 2.34. The molecule has 0 radical (unpaired) electrons. The van der Waals surface area contributed by atoms with Crippen LogP contribution in [0.15, 0.2) is 10.7 Å². The third-order valence-corrected chi connectivity index (χ3v) is 4.95. The molecule has 0 bridgehead atoms. The maximum absolute atomic E-state index is 4.92. The van der Waals surface area contributed by atoms with Crippen LogP contribution >= 0.6 is 15.9 Å². The van der Waals surface area contributed by atoms with E-state index in [2.05, 4.69) is 47.5 Å². The van der Waals surface area contributed by atoms with E-state index in [-0.39, 0.29) is 0 Å². The van der Waals surface area contributed by atoms with Crippen molar-refractivity contribution in [1.29, 1.82) is 0 Å². The van der Waals surface area contributed by atoms with Gasteiger partial charge in [0, 0.05) is 22.6 Å². The minimum Gasteiger partial charge on any atom is -0.329 e. The third kappa shape index (κ3) is 2.39. The van der Waals surface area contributed by atoms with E-state index in [9.17, 15) is 0 Å². The number of nitrogens with zero attached hydrogens (tertiary/aromatic N) is 3. The maximum atomic E-state index is 4.92. The number of aromatic nitrogens is 3. The van der Waals surface area contributed by atoms with Crippen molar-refractivity contribution >= 4 is 27.0 Å². The van der Waals surface area contributed by atoms with E-state index in [1.165, 1.54) is 37.5 Å². The van der Waals surface area contributed by atoms with Crippen molar-refractivity contribution in [2.75, 3.05) is 0 Å². The third-order valence-electron chi connectivity index (χ3n) is 4.35. The van der Waals surface area contributed by atoms with Gasteiger partial charge in [0.25, 0.3) is 0 Å². The van der Waals surface area contributed by atoms with Crippen molar-refractivity contribution < 1.29 is 0 Å². The Labute approximate surface area is 128 Å². The summed E-state index contributed by atoms with van der Waals surface area (Å²) < 4.78 is 3.36. The zero-order valence-corrected chi connectivity index (χ0v) is 14.1. The molecule has 108 valence electrons. The molecule has 1 saturated carbocycles. The Morgan fingerprint density at radius 3 is 2.55 bits per heavy atom. The lowest BCUT2D eigenvalue weighted by molar-refractivity contribution is 0.428. The van der Waals surface area contributed by atoms with Crippen LogP contribution in [0, 0.1) is 6.92 Å². The van der Waals surface area contributed by atoms with E-state index in [0.717, 1.165) is 21.6 Å². The van der Waals surface area contributed by atoms with Gasteiger partial charge in [-0.1, -0.05) is 19.3 Å². The molecule has 0 aromatic carbocycles. The van der Waals surface area contributed by atoms with Gasteiger partial charge in [0.2, 0.25) is 0 Å². The summed E-state index contributed by atoms with van der Waals surface area (Å²) >= 11 is 3.66. The van der Waals surface area contributed by atoms with Gasteiger partial charge < -0.3 is 4.57 Å². The summed E-state index contributed by atoms with van der Waals surface area (Å²) in [4.78, 5) is 9.73. The first-order chi connectivity index (χ1) is 9.58. The molecule has 1 aliphatic rings. The van der Waals surface area contributed by atoms with E-state index < -0.39 is 0 Å². The second-order valence-corrected chi connectivity index (χ2v) is 7.03. The molecule has 0 amide bonds. The largest absolute Gasteiger partial charge is 0.329 e. The average Bonchev–Trinajstić information content (AvgIpc) is 2.78. The average molecular weight is 336 g/mol. The standard InChI is InChI=1S/C16H22BrN3/c1-10(2)20-9-13(17)14-11(3)18-15(19-16(14)20)12-7-5-4-6-8-12/h9-10,12H,4-8H2,1-3H3. The molecule has 0 aliphatic heterocycles. The molecular formula is C16H22BrN3. The van der Waals surface area contributed by atoms with Crippen LogP contribution in [-0.4, -0.2) is 14.5 Å². The fourth-order valence-corrected chi connectivity index (χ4v) is 3.92. The summed E-state index contributed by atoms with van der Waals surface area (Å²) in [7, 11) is 0. The second-order valence-electron chi connectivity index (χ2n) is 6.18. The number of hydrogen-bond donors (Lipinski definition) is 0. The van der Waals surface area contributed by atoms with Gasteiger partial charge in [-0.25, -0.2) is 9.97 Å². The smallest absolute Gasteiger partial charge is 0.145 e. The molecule has 2 aromatic heterocycles. The van der Waals surface area contributed by atoms with Gasteiger partial charge >= 0.3 is 0 Å². The number of aryl methyl sites for hydroxylation is 1. The topological polar surface area (TPSA) is 30.7 Å². The second kappa shape index (κ2) is 5.47. The van der Waals surface area contributed by atoms with Crippen molar-refractivity contribution in [2.24, 2.45) is 0 Å². The Hall–Kier alpha value is -0.900. The van der Waals surface area contributed by atoms with E-state index in [1.807, 2.05) is 0 Å². The Balaban J connectivity index is 2.13. The first-order valence-electron chi connectivity index (χ1n) is 7.62. The monoisotopic (exact) mass is 335 g/mol. The predicted molar refractivity (Wildman–Crippen MR) is 86.2 cm³/mol. The van der Waals surface area contributed by atoms with Crippen LogP contribution in [0.5, 0.6) is 0 Å². The quantitative estimate of drug-likeness (QED) is 0.761. The molecule has 0 saturated heterocycles. The highest BCUT2D eigenvalue weighted by molar-refractivity contribution is 9.10. The molecule has 3 nitrogen and oxygen atoms in total. The first kappa shape index (κ1) is 14.1. The number of hydrogen-bond acceptors (Lipinski definition) is 2. The summed E-state index contributed by atoms with van der Waals surface area (Å²) in [6.07, 6.45) is 8.64. The molecule has 1 aliphatic carbocycles. The molecule has 3 rings (SSSR count). The van der Waals surface area contributed by atoms with Gasteiger partial charge in [-0.2, -0.15) is 0 Å². The van der Waals surface area contributed by atoms with Crippen LogP contribution in [0.25, 0.3) is 11.0 Å². The van der Waals surface area contributed by atoms with E-state index in [1.54, 1.807) is 0 Å². The fraction of sp³-hybridized carbons (Fsp3) is 0.625. The summed E-state index contributed by atoms with van der Waals surface area (Å²) in [6, 6.07) is 0.414. The molecule has 2 aromatic rings. The predicted octanol–water partition coefficient (Wildman–Crippen LogP) is 5.13. The number of fused-ring (bicyclic) bond motifs is 1. The van der Waals surface area contributed by atoms with E-state index >= 15 is 0 Å². The van der Waals surface area contributed by atoms with Gasteiger partial charge in [0.05, 0.1) is 11.1 Å². The molecule has 4 heteroatoms. The van der Waals surface area contributed by atoms with Crippen LogP contribution in [-0.2, 0) is 0 Å². The lowest BCUT2D eigenvalue weighted by atomic mass is 9.88. The van der Waals surface area contributed by atoms with Crippen molar-refractivity contribution in [3.05, 3.63) is 22.2 Å². The summed E-state index contributed by atoms with van der Waals surface area (Å²) in [5, 5.41) is 1.17. The van der Waals surface area contributed by atoms with Gasteiger partial charge in [-0.3, -0.25) is 0 Å². The van der Waals surface area contributed by atoms with Crippen molar-refractivity contribution in [3.8, 4) is 0 Å². The van der Waals surface area contributed by atoms with E-state index in [0.29, 0.717) is 12.0 Å². The van der Waals surface area contributed by atoms with Gasteiger partial charge in [0.1, 0.15) is 11.5 Å². The minimum atomic E-state index is 0.414. The zero-order chi connectivity index (χ0) is 14.3. The first-order valence-corrected chi connectivity index (χ1v) is 8.41. The van der Waals surface area contributed by atoms with Crippen LogP contribution in [0.3, 0.4) is 0 Å². The Kier molecular flexibility index (Phi) is 3.85. The highest BCUT2D eigenvalue weighted by Gasteiger charge is 2.21. The van der Waals surface area contributed by atoms with Gasteiger partial charge in [0.15, 0.2) is 0 Å². The van der Waals surface area contributed by atoms with Gasteiger partial charge in [-0.05, 0) is 49.5 Å². The van der Waals surface area contributed by atoms with Crippen molar-refractivity contribution in [1.82, 2.24) is 14.5 Å². The molecule has 20 heavy (non-hydrogen) atoms. The summed E-state index contributed by atoms with van der Waals surface area (Å²) in [5.74, 6) is 1.61. The zero-order valence-electron chi connectivity index (χ0n) is 12.5. The van der Waals surface area contributed by atoms with E-state index in [4.69, 9.17) is 9.97 Å². The van der Waals surface area contributed by atoms with Crippen LogP contribution < -0.4 is 0 Å². The SMILES string of the molecule is Cc1nc(C2CCCCC2)nc2c1c(Br)cn2C(C)C. The Morgan fingerprint density at radius 1 is 1.20 bits per heavy atom. The highest BCUT2D eigenvalue weighted by atomic mass is 79.9. The normalized spacial score (nSPS) is 17.2. The van der Waals surface area contributed by atoms with Crippen LogP contribution in [0.1, 0.15) is 69.4 Å². The molecule has 1 fully saturated rings. The summed E-state index contributed by atoms with van der Waals surface area (Å²) in [6.45, 7) is 6.50. The minimum absolute atomic E-state index is 0.414. The number of rotatable bonds is 2. The van der Waals surface area contributed by atoms with Crippen molar-refractivity contribution in [2.45, 2.75) is 64.8 Å².